The molecule has 2 fully saturated rings. The van der Waals surface area contributed by atoms with Crippen LogP contribution in [0.1, 0.15) is 50.9 Å². The summed E-state index contributed by atoms with van der Waals surface area (Å²) in [6, 6.07) is 14.8. The monoisotopic (exact) mass is 546 g/mol. The Hall–Kier alpha value is -3.60. The maximum atomic E-state index is 12.6. The highest BCUT2D eigenvalue weighted by molar-refractivity contribution is 5.99. The fraction of sp³-hybridized carbons (Fsp3) is 0.467. The zero-order chi connectivity index (χ0) is 28.1. The Morgan fingerprint density at radius 1 is 0.950 bits per heavy atom. The Morgan fingerprint density at radius 2 is 1.60 bits per heavy atom. The van der Waals surface area contributed by atoms with Crippen LogP contribution in [0.5, 0.6) is 0 Å². The molecule has 2 aliphatic rings. The molecule has 1 aromatic heterocycles. The standard InChI is InChI=1S/C30H38N6O4/c1-20-19-40-17-14-36(20)28-34-26(33-27(35-28)23-12-15-39-16-13-23)22-6-10-25(11-7-22)32-29(37)31-24-8-4-21(5-9-24)18-30(2,3)38/h4-11,20,23,38H,12-19H2,1-3H3,(H2,31,32,37). The van der Waals surface area contributed by atoms with E-state index in [4.69, 9.17) is 24.4 Å². The number of aliphatic hydroxyl groups is 1. The van der Waals surface area contributed by atoms with Crippen molar-refractivity contribution < 1.29 is 19.4 Å². The maximum Gasteiger partial charge on any atom is 0.323 e. The van der Waals surface area contributed by atoms with E-state index in [-0.39, 0.29) is 18.0 Å². The third kappa shape index (κ3) is 7.32. The third-order valence-corrected chi connectivity index (χ3v) is 7.10. The number of carbonyl (C=O) groups excluding carboxylic acids is 1. The molecule has 3 aromatic rings. The Balaban J connectivity index is 1.29. The summed E-state index contributed by atoms with van der Waals surface area (Å²) in [6.45, 7) is 9.10. The molecular formula is C30H38N6O4. The Morgan fingerprint density at radius 3 is 2.23 bits per heavy atom. The molecule has 2 aromatic carbocycles. The Bertz CT molecular complexity index is 1290. The summed E-state index contributed by atoms with van der Waals surface area (Å²) >= 11 is 0. The molecule has 2 amide bonds. The number of carbonyl (C=O) groups is 1. The van der Waals surface area contributed by atoms with Crippen LogP contribution < -0.4 is 15.5 Å². The van der Waals surface area contributed by atoms with Gasteiger partial charge in [0.1, 0.15) is 5.82 Å². The number of ether oxygens (including phenoxy) is 2. The second kappa shape index (κ2) is 12.3. The van der Waals surface area contributed by atoms with Crippen molar-refractivity contribution in [3.05, 3.63) is 59.9 Å². The van der Waals surface area contributed by atoms with Gasteiger partial charge in [0.25, 0.3) is 0 Å². The molecule has 1 unspecified atom stereocenters. The molecule has 0 bridgehead atoms. The Kier molecular flexibility index (Phi) is 8.58. The summed E-state index contributed by atoms with van der Waals surface area (Å²) in [5.74, 6) is 2.33. The van der Waals surface area contributed by atoms with E-state index in [1.807, 2.05) is 48.5 Å². The van der Waals surface area contributed by atoms with Crippen LogP contribution in [0.25, 0.3) is 11.4 Å². The molecule has 0 aliphatic carbocycles. The van der Waals surface area contributed by atoms with Gasteiger partial charge >= 0.3 is 6.03 Å². The largest absolute Gasteiger partial charge is 0.390 e. The highest BCUT2D eigenvalue weighted by Crippen LogP contribution is 2.29. The van der Waals surface area contributed by atoms with Crippen molar-refractivity contribution in [1.82, 2.24) is 15.0 Å². The molecule has 5 rings (SSSR count). The number of morpholine rings is 1. The topological polar surface area (TPSA) is 122 Å². The smallest absolute Gasteiger partial charge is 0.323 e. The lowest BCUT2D eigenvalue weighted by molar-refractivity contribution is 0.0810. The molecule has 10 nitrogen and oxygen atoms in total. The first-order valence-electron chi connectivity index (χ1n) is 13.9. The van der Waals surface area contributed by atoms with Crippen molar-refractivity contribution in [2.24, 2.45) is 0 Å². The first kappa shape index (κ1) is 27.9. The van der Waals surface area contributed by atoms with Gasteiger partial charge in [0.15, 0.2) is 5.82 Å². The van der Waals surface area contributed by atoms with Crippen LogP contribution in [0.4, 0.5) is 22.1 Å². The first-order chi connectivity index (χ1) is 19.2. The first-order valence-corrected chi connectivity index (χ1v) is 13.9. The lowest BCUT2D eigenvalue weighted by Gasteiger charge is -2.34. The van der Waals surface area contributed by atoms with Crippen molar-refractivity contribution in [1.29, 1.82) is 0 Å². The van der Waals surface area contributed by atoms with Crippen LogP contribution in [0.15, 0.2) is 48.5 Å². The minimum absolute atomic E-state index is 0.175. The van der Waals surface area contributed by atoms with E-state index in [9.17, 15) is 9.90 Å². The minimum Gasteiger partial charge on any atom is -0.390 e. The number of urea groups is 1. The maximum absolute atomic E-state index is 12.6. The molecule has 3 heterocycles. The number of nitrogens with zero attached hydrogens (tertiary/aromatic N) is 4. The molecule has 0 spiro atoms. The van der Waals surface area contributed by atoms with Gasteiger partial charge in [-0.05, 0) is 75.6 Å². The number of anilines is 3. The normalized spacial score (nSPS) is 18.4. The minimum atomic E-state index is -0.783. The van der Waals surface area contributed by atoms with Crippen LogP contribution in [0, 0.1) is 0 Å². The highest BCUT2D eigenvalue weighted by Gasteiger charge is 2.26. The molecule has 3 N–H and O–H groups in total. The number of aromatic nitrogens is 3. The lowest BCUT2D eigenvalue weighted by Crippen LogP contribution is -2.44. The van der Waals surface area contributed by atoms with Crippen LogP contribution in [0.2, 0.25) is 0 Å². The third-order valence-electron chi connectivity index (χ3n) is 7.10. The summed E-state index contributed by atoms with van der Waals surface area (Å²) in [7, 11) is 0. The summed E-state index contributed by atoms with van der Waals surface area (Å²) in [4.78, 5) is 29.4. The molecule has 212 valence electrons. The molecule has 0 radical (unpaired) electrons. The van der Waals surface area contributed by atoms with Crippen LogP contribution >= 0.6 is 0 Å². The average Bonchev–Trinajstić information content (AvgIpc) is 2.94. The van der Waals surface area contributed by atoms with Gasteiger partial charge in [-0.3, -0.25) is 0 Å². The van der Waals surface area contributed by atoms with Gasteiger partial charge in [-0.25, -0.2) is 9.78 Å². The predicted octanol–water partition coefficient (Wildman–Crippen LogP) is 4.62. The summed E-state index contributed by atoms with van der Waals surface area (Å²) in [6.07, 6.45) is 2.32. The van der Waals surface area contributed by atoms with Crippen molar-refractivity contribution in [3.8, 4) is 11.4 Å². The van der Waals surface area contributed by atoms with E-state index < -0.39 is 5.60 Å². The molecule has 0 saturated carbocycles. The zero-order valence-electron chi connectivity index (χ0n) is 23.4. The van der Waals surface area contributed by atoms with Gasteiger partial charge in [-0.1, -0.05) is 12.1 Å². The molecule has 2 aliphatic heterocycles. The second-order valence-electron chi connectivity index (χ2n) is 11.2. The second-order valence-corrected chi connectivity index (χ2v) is 11.2. The van der Waals surface area contributed by atoms with Crippen molar-refractivity contribution in [3.63, 3.8) is 0 Å². The summed E-state index contributed by atoms with van der Waals surface area (Å²) < 4.78 is 11.2. The number of nitrogens with one attached hydrogen (secondary N) is 2. The van der Waals surface area contributed by atoms with Gasteiger partial charge < -0.3 is 30.1 Å². The van der Waals surface area contributed by atoms with E-state index in [1.165, 1.54) is 0 Å². The van der Waals surface area contributed by atoms with Crippen molar-refractivity contribution >= 4 is 23.4 Å². The van der Waals surface area contributed by atoms with E-state index in [2.05, 4.69) is 22.5 Å². The van der Waals surface area contributed by atoms with Crippen LogP contribution in [0.3, 0.4) is 0 Å². The van der Waals surface area contributed by atoms with Gasteiger partial charge in [-0.15, -0.1) is 0 Å². The van der Waals surface area contributed by atoms with E-state index >= 15 is 0 Å². The number of hydrogen-bond acceptors (Lipinski definition) is 8. The van der Waals surface area contributed by atoms with Crippen molar-refractivity contribution in [2.75, 3.05) is 48.5 Å². The highest BCUT2D eigenvalue weighted by atomic mass is 16.5. The SMILES string of the molecule is CC1COCCN1c1nc(-c2ccc(NC(=O)Nc3ccc(CC(C)(C)O)cc3)cc2)nc(C2CCOCC2)n1. The fourth-order valence-electron chi connectivity index (χ4n) is 5.00. The van der Waals surface area contributed by atoms with Crippen molar-refractivity contribution in [2.45, 2.75) is 57.6 Å². The average molecular weight is 547 g/mol. The quantitative estimate of drug-likeness (QED) is 0.393. The van der Waals surface area contributed by atoms with E-state index in [1.54, 1.807) is 13.8 Å². The van der Waals surface area contributed by atoms with Gasteiger partial charge in [0, 0.05) is 49.0 Å². The lowest BCUT2D eigenvalue weighted by atomic mass is 9.99. The van der Waals surface area contributed by atoms with Gasteiger partial charge in [0.2, 0.25) is 5.95 Å². The van der Waals surface area contributed by atoms with Gasteiger partial charge in [-0.2, -0.15) is 9.97 Å². The fourth-order valence-corrected chi connectivity index (χ4v) is 5.00. The summed E-state index contributed by atoms with van der Waals surface area (Å²) in [5.41, 5.74) is 2.39. The van der Waals surface area contributed by atoms with E-state index in [0.29, 0.717) is 56.0 Å². The Labute approximate surface area is 235 Å². The molecule has 2 saturated heterocycles. The molecular weight excluding hydrogens is 508 g/mol. The number of rotatable bonds is 7. The van der Waals surface area contributed by atoms with Crippen LogP contribution in [-0.4, -0.2) is 70.7 Å². The number of benzene rings is 2. The molecule has 1 atom stereocenters. The van der Waals surface area contributed by atoms with Crippen LogP contribution in [-0.2, 0) is 15.9 Å². The van der Waals surface area contributed by atoms with Gasteiger partial charge in [0.05, 0.1) is 24.9 Å². The zero-order valence-corrected chi connectivity index (χ0v) is 23.4. The number of hydrogen-bond donors (Lipinski definition) is 3. The number of amides is 2. The summed E-state index contributed by atoms with van der Waals surface area (Å²) in [5, 5.41) is 15.7. The molecule has 40 heavy (non-hydrogen) atoms. The molecule has 10 heteroatoms. The predicted molar refractivity (Wildman–Crippen MR) is 155 cm³/mol. The van der Waals surface area contributed by atoms with E-state index in [0.717, 1.165) is 36.3 Å².